The number of hydrogen-bond acceptors (Lipinski definition) is 6. The molecule has 8 nitrogen and oxygen atoms in total. The fraction of sp³-hybridized carbons (Fsp3) is 0.348. The van der Waals surface area contributed by atoms with Crippen molar-refractivity contribution in [2.24, 2.45) is 5.73 Å². The van der Waals surface area contributed by atoms with Crippen LogP contribution < -0.4 is 11.1 Å². The number of hydrogen-bond donors (Lipinski definition) is 3. The number of carbonyl (C=O) groups excluding carboxylic acids is 3. The second kappa shape index (κ2) is 11.3. The van der Waals surface area contributed by atoms with E-state index in [1.165, 1.54) is 17.5 Å². The number of Topliss-reactive ketones (excluding diaryl/α,β-unsaturated/α-hetero) is 1. The van der Waals surface area contributed by atoms with Crippen LogP contribution in [-0.4, -0.2) is 32.5 Å². The Morgan fingerprint density at radius 3 is 2.59 bits per heavy atom. The molecule has 1 atom stereocenters. The zero-order chi connectivity index (χ0) is 22.9. The van der Waals surface area contributed by atoms with E-state index in [1.54, 1.807) is 5.51 Å². The van der Waals surface area contributed by atoms with E-state index in [4.69, 9.17) is 5.73 Å². The van der Waals surface area contributed by atoms with Crippen molar-refractivity contribution in [1.29, 1.82) is 0 Å². The number of H-pyrrole nitrogens is 1. The third-order valence-corrected chi connectivity index (χ3v) is 5.94. The lowest BCUT2D eigenvalue weighted by molar-refractivity contribution is -0.118. The van der Waals surface area contributed by atoms with Crippen molar-refractivity contribution in [3.63, 3.8) is 0 Å². The van der Waals surface area contributed by atoms with Crippen molar-refractivity contribution < 1.29 is 14.4 Å². The first-order chi connectivity index (χ1) is 15.5. The highest BCUT2D eigenvalue weighted by atomic mass is 32.1. The number of nitrogens with one attached hydrogen (secondary N) is 2. The smallest absolute Gasteiger partial charge is 0.269 e. The van der Waals surface area contributed by atoms with Crippen LogP contribution in [0.25, 0.3) is 11.4 Å². The van der Waals surface area contributed by atoms with Gasteiger partial charge >= 0.3 is 0 Å². The van der Waals surface area contributed by atoms with Gasteiger partial charge in [0.25, 0.3) is 11.8 Å². The molecule has 0 aliphatic rings. The molecule has 2 amide bonds. The van der Waals surface area contributed by atoms with Crippen LogP contribution in [0.5, 0.6) is 0 Å². The van der Waals surface area contributed by atoms with Crippen LogP contribution in [0.2, 0.25) is 0 Å². The molecule has 3 aromatic rings. The van der Waals surface area contributed by atoms with Crippen LogP contribution in [-0.2, 0) is 4.79 Å². The molecular formula is C23H27N5O3S. The molecule has 1 unspecified atom stereocenters. The zero-order valence-corrected chi connectivity index (χ0v) is 18.8. The molecule has 0 bridgehead atoms. The highest BCUT2D eigenvalue weighted by molar-refractivity contribution is 7.11. The Morgan fingerprint density at radius 2 is 1.94 bits per heavy atom. The van der Waals surface area contributed by atoms with Gasteiger partial charge in [0.05, 0.1) is 23.4 Å². The van der Waals surface area contributed by atoms with E-state index >= 15 is 0 Å². The van der Waals surface area contributed by atoms with E-state index in [0.29, 0.717) is 35.7 Å². The normalized spacial score (nSPS) is 11.8. The van der Waals surface area contributed by atoms with Gasteiger partial charge in [-0.3, -0.25) is 19.4 Å². The first-order valence-corrected chi connectivity index (χ1v) is 11.5. The summed E-state index contributed by atoms with van der Waals surface area (Å²) in [5, 5.41) is 2.99. The Bertz CT molecular complexity index is 1050. The lowest BCUT2D eigenvalue weighted by atomic mass is 10.0. The summed E-state index contributed by atoms with van der Waals surface area (Å²) >= 11 is 1.24. The Kier molecular flexibility index (Phi) is 8.27. The predicted octanol–water partition coefficient (Wildman–Crippen LogP) is 4.03. The molecule has 0 radical (unpaired) electrons. The molecule has 0 saturated carbocycles. The summed E-state index contributed by atoms with van der Waals surface area (Å²) < 4.78 is 0. The maximum atomic E-state index is 12.7. The van der Waals surface area contributed by atoms with E-state index in [1.807, 2.05) is 37.3 Å². The number of unbranched alkanes of at least 4 members (excludes halogenated alkanes) is 2. The first kappa shape index (κ1) is 23.3. The zero-order valence-electron chi connectivity index (χ0n) is 18.0. The number of primary amides is 1. The van der Waals surface area contributed by atoms with Crippen molar-refractivity contribution in [2.75, 3.05) is 0 Å². The van der Waals surface area contributed by atoms with E-state index in [2.05, 4.69) is 20.3 Å². The molecule has 1 aromatic carbocycles. The fourth-order valence-electron chi connectivity index (χ4n) is 3.43. The number of aromatic nitrogens is 3. The Labute approximate surface area is 190 Å². The summed E-state index contributed by atoms with van der Waals surface area (Å²) in [5.41, 5.74) is 8.61. The summed E-state index contributed by atoms with van der Waals surface area (Å²) in [6, 6.07) is 8.92. The van der Waals surface area contributed by atoms with Crippen LogP contribution in [0.3, 0.4) is 0 Å². The van der Waals surface area contributed by atoms with E-state index < -0.39 is 11.9 Å². The number of ketones is 1. The summed E-state index contributed by atoms with van der Waals surface area (Å²) in [4.78, 5) is 48.5. The lowest BCUT2D eigenvalue weighted by Crippen LogP contribution is -2.30. The summed E-state index contributed by atoms with van der Waals surface area (Å²) in [6.45, 7) is 1.86. The Hall–Kier alpha value is -3.33. The van der Waals surface area contributed by atoms with Gasteiger partial charge in [0.15, 0.2) is 5.69 Å². The molecule has 0 aliphatic carbocycles. The quantitative estimate of drug-likeness (QED) is 0.356. The second-order valence-corrected chi connectivity index (χ2v) is 8.35. The molecule has 9 heteroatoms. The lowest BCUT2D eigenvalue weighted by Gasteiger charge is -2.18. The van der Waals surface area contributed by atoms with Gasteiger partial charge in [-0.15, -0.1) is 11.3 Å². The van der Waals surface area contributed by atoms with Gasteiger partial charge in [0.2, 0.25) is 0 Å². The van der Waals surface area contributed by atoms with Crippen LogP contribution in [0, 0.1) is 0 Å². The SMILES string of the molecule is CCC(=O)CCCCCC(NC(=O)c1cncs1)c1[nH]c(-c2ccccc2)nc1C(N)=O. The minimum atomic E-state index is -0.663. The molecule has 0 saturated heterocycles. The van der Waals surface area contributed by atoms with Crippen molar-refractivity contribution in [3.8, 4) is 11.4 Å². The van der Waals surface area contributed by atoms with Crippen LogP contribution >= 0.6 is 11.3 Å². The number of carbonyl (C=O) groups is 3. The van der Waals surface area contributed by atoms with Gasteiger partial charge < -0.3 is 16.0 Å². The third-order valence-electron chi connectivity index (χ3n) is 5.17. The molecular weight excluding hydrogens is 426 g/mol. The van der Waals surface area contributed by atoms with Crippen molar-refractivity contribution in [3.05, 3.63) is 58.3 Å². The minimum absolute atomic E-state index is 0.111. The number of benzene rings is 1. The highest BCUT2D eigenvalue weighted by Gasteiger charge is 2.25. The second-order valence-electron chi connectivity index (χ2n) is 7.46. The number of aromatic amines is 1. The van der Waals surface area contributed by atoms with Gasteiger partial charge in [-0.05, 0) is 12.8 Å². The summed E-state index contributed by atoms with van der Waals surface area (Å²) in [5.74, 6) is -0.175. The van der Waals surface area contributed by atoms with Crippen molar-refractivity contribution in [1.82, 2.24) is 20.3 Å². The monoisotopic (exact) mass is 453 g/mol. The van der Waals surface area contributed by atoms with Gasteiger partial charge in [-0.1, -0.05) is 50.1 Å². The van der Waals surface area contributed by atoms with Crippen LogP contribution in [0.1, 0.15) is 77.3 Å². The van der Waals surface area contributed by atoms with Crippen molar-refractivity contribution in [2.45, 2.75) is 51.5 Å². The number of imidazole rings is 1. The number of rotatable bonds is 12. The standard InChI is InChI=1S/C23H27N5O3S/c1-2-16(29)11-7-4-8-12-17(26-23(31)18-13-25-14-32-18)19-20(21(24)30)28-22(27-19)15-9-5-3-6-10-15/h3,5-6,9-10,13-14,17H,2,4,7-8,11-12H2,1H3,(H2,24,30)(H,26,31)(H,27,28). The van der Waals surface area contributed by atoms with Gasteiger partial charge in [-0.25, -0.2) is 4.98 Å². The first-order valence-electron chi connectivity index (χ1n) is 10.7. The molecule has 32 heavy (non-hydrogen) atoms. The maximum absolute atomic E-state index is 12.7. The molecule has 168 valence electrons. The largest absolute Gasteiger partial charge is 0.364 e. The van der Waals surface area contributed by atoms with E-state index in [0.717, 1.165) is 24.8 Å². The number of nitrogens with two attached hydrogens (primary N) is 1. The van der Waals surface area contributed by atoms with Gasteiger partial charge in [-0.2, -0.15) is 0 Å². The molecule has 0 fully saturated rings. The number of amides is 2. The van der Waals surface area contributed by atoms with Gasteiger partial charge in [0.1, 0.15) is 16.5 Å². The van der Waals surface area contributed by atoms with Crippen molar-refractivity contribution >= 4 is 28.9 Å². The average Bonchev–Trinajstić information content (AvgIpc) is 3.49. The van der Waals surface area contributed by atoms with E-state index in [-0.39, 0.29) is 17.4 Å². The maximum Gasteiger partial charge on any atom is 0.269 e. The topological polar surface area (TPSA) is 131 Å². The highest BCUT2D eigenvalue weighted by Crippen LogP contribution is 2.26. The fourth-order valence-corrected chi connectivity index (χ4v) is 3.95. The summed E-state index contributed by atoms with van der Waals surface area (Å²) in [6.07, 6.45) is 5.58. The Morgan fingerprint density at radius 1 is 1.16 bits per heavy atom. The molecule has 0 aliphatic heterocycles. The molecule has 3 rings (SSSR count). The van der Waals surface area contributed by atoms with Gasteiger partial charge in [0, 0.05) is 18.4 Å². The van der Waals surface area contributed by atoms with Crippen LogP contribution in [0.4, 0.5) is 0 Å². The van der Waals surface area contributed by atoms with E-state index in [9.17, 15) is 14.4 Å². The minimum Gasteiger partial charge on any atom is -0.364 e. The molecule has 2 aromatic heterocycles. The molecule has 2 heterocycles. The van der Waals surface area contributed by atoms with Crippen LogP contribution in [0.15, 0.2) is 42.0 Å². The Balaban J connectivity index is 1.82. The molecule has 4 N–H and O–H groups in total. The summed E-state index contributed by atoms with van der Waals surface area (Å²) in [7, 11) is 0. The third kappa shape index (κ3) is 6.10. The number of nitrogens with zero attached hydrogens (tertiary/aromatic N) is 2. The number of thiazole rings is 1. The predicted molar refractivity (Wildman–Crippen MR) is 123 cm³/mol. The molecule has 0 spiro atoms. The average molecular weight is 454 g/mol.